The summed E-state index contributed by atoms with van der Waals surface area (Å²) in [4.78, 5) is 0. The molecule has 0 aromatic heterocycles. The molecule has 1 rings (SSSR count). The molecule has 0 saturated carbocycles. The molecule has 0 unspecified atom stereocenters. The van der Waals surface area contributed by atoms with Gasteiger partial charge in [-0.1, -0.05) is 48.5 Å². The van der Waals surface area contributed by atoms with Gasteiger partial charge in [0.2, 0.25) is 0 Å². The Bertz CT molecular complexity index is 262. The SMILES string of the molecule is CC.Cc1[c-]c(C)c(C)c(C)c1C.[Rb+]. The molecule has 0 saturated heterocycles. The van der Waals surface area contributed by atoms with Crippen LogP contribution in [0.3, 0.4) is 0 Å². The molecule has 74 valence electrons. The third-order valence-electron chi connectivity index (χ3n) is 2.62. The van der Waals surface area contributed by atoms with Gasteiger partial charge in [0, 0.05) is 0 Å². The second-order valence-electron chi connectivity index (χ2n) is 3.25. The first-order chi connectivity index (χ1) is 6.04. The molecule has 0 amide bonds. The summed E-state index contributed by atoms with van der Waals surface area (Å²) in [6.07, 6.45) is 0. The molecule has 0 aliphatic rings. The van der Waals surface area contributed by atoms with Crippen LogP contribution in [0.25, 0.3) is 0 Å². The number of aryl methyl sites for hydroxylation is 2. The van der Waals surface area contributed by atoms with Crippen molar-refractivity contribution >= 4 is 0 Å². The molecule has 0 aliphatic heterocycles. The van der Waals surface area contributed by atoms with E-state index in [9.17, 15) is 0 Å². The quantitative estimate of drug-likeness (QED) is 0.614. The molecule has 1 aromatic rings. The minimum atomic E-state index is 0. The molecule has 1 aromatic carbocycles. The van der Waals surface area contributed by atoms with Crippen LogP contribution in [-0.2, 0) is 0 Å². The van der Waals surface area contributed by atoms with Crippen LogP contribution in [0.2, 0.25) is 0 Å². The predicted octanol–water partition coefficient (Wildman–Crippen LogP) is 1.06. The third-order valence-corrected chi connectivity index (χ3v) is 2.62. The second-order valence-corrected chi connectivity index (χ2v) is 3.25. The molecule has 14 heavy (non-hydrogen) atoms. The van der Waals surface area contributed by atoms with Gasteiger partial charge in [-0.25, -0.2) is 0 Å². The molecule has 0 fully saturated rings. The van der Waals surface area contributed by atoms with Crippen molar-refractivity contribution in [3.63, 3.8) is 0 Å². The van der Waals surface area contributed by atoms with Crippen LogP contribution in [0.15, 0.2) is 0 Å². The standard InChI is InChI=1S/C11H15.C2H6.Rb/c1-7-6-8(2)10(4)11(5)9(7)3;1-2;/h1-5H3;1-2H3;/q-1;;+1. The first-order valence-electron chi connectivity index (χ1n) is 5.00. The minimum absolute atomic E-state index is 0. The zero-order valence-corrected chi connectivity index (χ0v) is 15.9. The Kier molecular flexibility index (Phi) is 10.2. The van der Waals surface area contributed by atoms with Gasteiger partial charge in [-0.3, -0.25) is 0 Å². The van der Waals surface area contributed by atoms with Crippen LogP contribution in [0.1, 0.15) is 41.7 Å². The first-order valence-corrected chi connectivity index (χ1v) is 5.00. The average molecular weight is 263 g/mol. The summed E-state index contributed by atoms with van der Waals surface area (Å²) in [7, 11) is 0. The van der Waals surface area contributed by atoms with Crippen LogP contribution < -0.4 is 58.2 Å². The van der Waals surface area contributed by atoms with E-state index in [1.54, 1.807) is 0 Å². The minimum Gasteiger partial charge on any atom is -0.177 e. The molecule has 0 aliphatic carbocycles. The van der Waals surface area contributed by atoms with E-state index >= 15 is 0 Å². The Hall–Kier alpha value is 1.03. The summed E-state index contributed by atoms with van der Waals surface area (Å²) < 4.78 is 0. The van der Waals surface area contributed by atoms with Crippen molar-refractivity contribution in [1.29, 1.82) is 0 Å². The van der Waals surface area contributed by atoms with Crippen molar-refractivity contribution in [2.45, 2.75) is 48.5 Å². The van der Waals surface area contributed by atoms with Crippen molar-refractivity contribution in [2.24, 2.45) is 0 Å². The smallest absolute Gasteiger partial charge is 0.177 e. The van der Waals surface area contributed by atoms with Crippen molar-refractivity contribution in [2.75, 3.05) is 0 Å². The van der Waals surface area contributed by atoms with E-state index in [1.165, 1.54) is 27.8 Å². The normalized spacial score (nSPS) is 8.50. The Balaban J connectivity index is 0. The van der Waals surface area contributed by atoms with Crippen molar-refractivity contribution in [3.8, 4) is 0 Å². The summed E-state index contributed by atoms with van der Waals surface area (Å²) in [5.74, 6) is 0. The van der Waals surface area contributed by atoms with Crippen LogP contribution in [0.5, 0.6) is 0 Å². The molecule has 0 atom stereocenters. The van der Waals surface area contributed by atoms with E-state index in [2.05, 4.69) is 40.7 Å². The Labute approximate surface area is 138 Å². The number of hydrogen-bond donors (Lipinski definition) is 0. The van der Waals surface area contributed by atoms with Gasteiger partial charge in [-0.05, 0) is 0 Å². The van der Waals surface area contributed by atoms with Crippen LogP contribution in [0.4, 0.5) is 0 Å². The van der Waals surface area contributed by atoms with Gasteiger partial charge in [-0.2, -0.15) is 33.9 Å². The fourth-order valence-corrected chi connectivity index (χ4v) is 1.31. The first kappa shape index (κ1) is 17.4. The van der Waals surface area contributed by atoms with Gasteiger partial charge >= 0.3 is 58.2 Å². The van der Waals surface area contributed by atoms with E-state index in [-0.39, 0.29) is 58.2 Å². The predicted molar refractivity (Wildman–Crippen MR) is 60.3 cm³/mol. The van der Waals surface area contributed by atoms with E-state index < -0.39 is 0 Å². The second kappa shape index (κ2) is 8.21. The Morgan fingerprint density at radius 1 is 0.643 bits per heavy atom. The van der Waals surface area contributed by atoms with Crippen LogP contribution in [-0.4, -0.2) is 0 Å². The molecule has 0 nitrogen and oxygen atoms in total. The molecular formula is C13H21Rb. The Morgan fingerprint density at radius 2 is 0.929 bits per heavy atom. The van der Waals surface area contributed by atoms with Crippen molar-refractivity contribution in [3.05, 3.63) is 33.9 Å². The van der Waals surface area contributed by atoms with E-state index in [1.807, 2.05) is 13.8 Å². The molecule has 0 radical (unpaired) electrons. The van der Waals surface area contributed by atoms with E-state index in [0.717, 1.165) is 0 Å². The maximum atomic E-state index is 3.35. The van der Waals surface area contributed by atoms with Gasteiger partial charge in [0.1, 0.15) is 0 Å². The van der Waals surface area contributed by atoms with Gasteiger partial charge in [0.25, 0.3) is 0 Å². The molecule has 0 bridgehead atoms. The summed E-state index contributed by atoms with van der Waals surface area (Å²) >= 11 is 0. The topological polar surface area (TPSA) is 0 Å². The Morgan fingerprint density at radius 3 is 1.21 bits per heavy atom. The maximum Gasteiger partial charge on any atom is 1.00 e. The summed E-state index contributed by atoms with van der Waals surface area (Å²) in [6, 6.07) is 3.35. The van der Waals surface area contributed by atoms with E-state index in [0.29, 0.717) is 0 Å². The van der Waals surface area contributed by atoms with Gasteiger partial charge < -0.3 is 0 Å². The molecular weight excluding hydrogens is 242 g/mol. The van der Waals surface area contributed by atoms with Crippen LogP contribution >= 0.6 is 0 Å². The van der Waals surface area contributed by atoms with Gasteiger partial charge in [-0.15, -0.1) is 0 Å². The fourth-order valence-electron chi connectivity index (χ4n) is 1.31. The number of rotatable bonds is 0. The summed E-state index contributed by atoms with van der Waals surface area (Å²) in [5.41, 5.74) is 6.75. The zero-order valence-electron chi connectivity index (χ0n) is 11.0. The van der Waals surface area contributed by atoms with Crippen molar-refractivity contribution < 1.29 is 58.2 Å². The molecule has 0 N–H and O–H groups in total. The summed E-state index contributed by atoms with van der Waals surface area (Å²) in [6.45, 7) is 14.7. The largest absolute Gasteiger partial charge is 1.00 e. The van der Waals surface area contributed by atoms with Crippen LogP contribution in [0, 0.1) is 40.7 Å². The number of hydrogen-bond acceptors (Lipinski definition) is 0. The monoisotopic (exact) mass is 262 g/mol. The fraction of sp³-hybridized carbons (Fsp3) is 0.538. The molecule has 0 spiro atoms. The van der Waals surface area contributed by atoms with Crippen molar-refractivity contribution in [1.82, 2.24) is 0 Å². The molecule has 1 heteroatoms. The average Bonchev–Trinajstić information content (AvgIpc) is 2.15. The van der Waals surface area contributed by atoms with Gasteiger partial charge in [0.15, 0.2) is 0 Å². The molecule has 0 heterocycles. The number of benzene rings is 1. The van der Waals surface area contributed by atoms with Gasteiger partial charge in [0.05, 0.1) is 0 Å². The van der Waals surface area contributed by atoms with E-state index in [4.69, 9.17) is 0 Å². The third kappa shape index (κ3) is 4.26. The summed E-state index contributed by atoms with van der Waals surface area (Å²) in [5, 5.41) is 0. The maximum absolute atomic E-state index is 3.35. The zero-order chi connectivity index (χ0) is 10.6.